The van der Waals surface area contributed by atoms with Crippen LogP contribution in [0.25, 0.3) is 10.2 Å². The topological polar surface area (TPSA) is 96.5 Å². The molecule has 0 saturated carbocycles. The van der Waals surface area contributed by atoms with Gasteiger partial charge in [0, 0.05) is 18.0 Å². The second-order valence-electron chi connectivity index (χ2n) is 5.25. The second kappa shape index (κ2) is 5.72. The van der Waals surface area contributed by atoms with Crippen molar-refractivity contribution in [2.24, 2.45) is 5.84 Å². The molecular formula is C13H19N5O2S. The largest absolute Gasteiger partial charge is 0.394 e. The molecule has 114 valence electrons. The number of morpholine rings is 1. The number of nitrogens with zero attached hydrogens (tertiary/aromatic N) is 3. The molecule has 21 heavy (non-hydrogen) atoms. The van der Waals surface area contributed by atoms with Crippen molar-refractivity contribution in [1.29, 1.82) is 0 Å². The molecule has 2 unspecified atom stereocenters. The predicted octanol–water partition coefficient (Wildman–Crippen LogP) is 0.871. The molecule has 0 aromatic carbocycles. The van der Waals surface area contributed by atoms with Gasteiger partial charge in [0.15, 0.2) is 0 Å². The summed E-state index contributed by atoms with van der Waals surface area (Å²) in [6, 6.07) is 2.09. The normalized spacial score (nSPS) is 22.8. The number of hydrogen-bond acceptors (Lipinski definition) is 8. The number of thiophene rings is 1. The van der Waals surface area contributed by atoms with Crippen LogP contribution in [0.5, 0.6) is 0 Å². The minimum absolute atomic E-state index is 0.000271. The highest BCUT2D eigenvalue weighted by Crippen LogP contribution is 2.32. The Morgan fingerprint density at radius 2 is 2.33 bits per heavy atom. The van der Waals surface area contributed by atoms with E-state index in [4.69, 9.17) is 10.6 Å². The van der Waals surface area contributed by atoms with Crippen molar-refractivity contribution in [3.8, 4) is 0 Å². The van der Waals surface area contributed by atoms with Crippen molar-refractivity contribution in [3.63, 3.8) is 0 Å². The van der Waals surface area contributed by atoms with Gasteiger partial charge in [0.2, 0.25) is 5.95 Å². The Kier molecular flexibility index (Phi) is 3.94. The number of hydrogen-bond donors (Lipinski definition) is 3. The monoisotopic (exact) mass is 309 g/mol. The summed E-state index contributed by atoms with van der Waals surface area (Å²) in [5, 5.41) is 10.4. The summed E-state index contributed by atoms with van der Waals surface area (Å²) in [4.78, 5) is 13.1. The minimum atomic E-state index is -0.201. The van der Waals surface area contributed by atoms with Gasteiger partial charge >= 0.3 is 0 Å². The number of ether oxygens (including phenoxy) is 1. The Morgan fingerprint density at radius 3 is 3.05 bits per heavy atom. The Hall–Kier alpha value is -1.48. The van der Waals surface area contributed by atoms with Crippen LogP contribution in [0.15, 0.2) is 6.07 Å². The lowest BCUT2D eigenvalue weighted by molar-refractivity contribution is -0.0422. The molecule has 2 aromatic heterocycles. The van der Waals surface area contributed by atoms with Gasteiger partial charge in [-0.05, 0) is 19.9 Å². The Labute approximate surface area is 126 Å². The van der Waals surface area contributed by atoms with Crippen molar-refractivity contribution in [2.75, 3.05) is 30.0 Å². The van der Waals surface area contributed by atoms with E-state index in [0.717, 1.165) is 22.6 Å². The number of aryl methyl sites for hydroxylation is 1. The number of anilines is 2. The zero-order chi connectivity index (χ0) is 15.0. The quantitative estimate of drug-likeness (QED) is 0.572. The van der Waals surface area contributed by atoms with Gasteiger partial charge in [0.1, 0.15) is 10.6 Å². The van der Waals surface area contributed by atoms with Crippen LogP contribution in [-0.2, 0) is 4.74 Å². The van der Waals surface area contributed by atoms with Gasteiger partial charge in [-0.1, -0.05) is 0 Å². The lowest BCUT2D eigenvalue weighted by atomic mass is 10.2. The fourth-order valence-corrected chi connectivity index (χ4v) is 3.53. The van der Waals surface area contributed by atoms with Crippen LogP contribution < -0.4 is 16.2 Å². The molecule has 0 spiro atoms. The van der Waals surface area contributed by atoms with E-state index in [0.29, 0.717) is 12.5 Å². The number of hydrazine groups is 1. The first kappa shape index (κ1) is 14.5. The number of aromatic nitrogens is 2. The highest BCUT2D eigenvalue weighted by Gasteiger charge is 2.27. The fourth-order valence-electron chi connectivity index (χ4n) is 2.65. The molecule has 3 rings (SSSR count). The third kappa shape index (κ3) is 2.80. The lowest BCUT2D eigenvalue weighted by Gasteiger charge is -2.37. The number of rotatable bonds is 3. The molecule has 3 heterocycles. The molecule has 2 atom stereocenters. The maximum absolute atomic E-state index is 9.38. The van der Waals surface area contributed by atoms with Crippen molar-refractivity contribution in [2.45, 2.75) is 26.1 Å². The summed E-state index contributed by atoms with van der Waals surface area (Å²) >= 11 is 1.61. The zero-order valence-electron chi connectivity index (χ0n) is 12.0. The molecule has 2 aromatic rings. The maximum Gasteiger partial charge on any atom is 0.240 e. The predicted molar refractivity (Wildman–Crippen MR) is 83.6 cm³/mol. The Balaban J connectivity index is 2.05. The van der Waals surface area contributed by atoms with Crippen LogP contribution >= 0.6 is 11.3 Å². The third-order valence-electron chi connectivity index (χ3n) is 3.45. The third-order valence-corrected chi connectivity index (χ3v) is 4.40. The van der Waals surface area contributed by atoms with Gasteiger partial charge in [-0.3, -0.25) is 5.43 Å². The van der Waals surface area contributed by atoms with Crippen LogP contribution in [0.2, 0.25) is 0 Å². The number of nitrogen functional groups attached to an aromatic ring is 1. The van der Waals surface area contributed by atoms with Crippen LogP contribution in [0.1, 0.15) is 11.8 Å². The molecule has 1 aliphatic rings. The maximum atomic E-state index is 9.38. The summed E-state index contributed by atoms with van der Waals surface area (Å²) in [6.45, 7) is 5.37. The van der Waals surface area contributed by atoms with E-state index in [1.165, 1.54) is 4.88 Å². The lowest BCUT2D eigenvalue weighted by Crippen LogP contribution is -2.48. The molecule has 0 bridgehead atoms. The highest BCUT2D eigenvalue weighted by molar-refractivity contribution is 7.18. The minimum Gasteiger partial charge on any atom is -0.394 e. The van der Waals surface area contributed by atoms with Crippen LogP contribution in [0, 0.1) is 6.92 Å². The first-order valence-corrected chi connectivity index (χ1v) is 7.68. The van der Waals surface area contributed by atoms with Gasteiger partial charge in [-0.2, -0.15) is 4.98 Å². The molecule has 1 saturated heterocycles. The highest BCUT2D eigenvalue weighted by atomic mass is 32.1. The number of fused-ring (bicyclic) bond motifs is 1. The van der Waals surface area contributed by atoms with E-state index >= 15 is 0 Å². The number of aliphatic hydroxyl groups is 1. The van der Waals surface area contributed by atoms with E-state index < -0.39 is 0 Å². The SMILES string of the molecule is Cc1cc2c(N3CC(C)OC(CO)C3)nc(NN)nc2s1. The van der Waals surface area contributed by atoms with Crippen LogP contribution in [0.4, 0.5) is 11.8 Å². The molecule has 8 heteroatoms. The molecule has 1 aliphatic heterocycles. The van der Waals surface area contributed by atoms with Gasteiger partial charge in [0.05, 0.1) is 24.2 Å². The molecule has 7 nitrogen and oxygen atoms in total. The summed E-state index contributed by atoms with van der Waals surface area (Å²) in [5.74, 6) is 6.71. The average molecular weight is 309 g/mol. The molecule has 1 fully saturated rings. The summed E-state index contributed by atoms with van der Waals surface area (Å²) in [7, 11) is 0. The van der Waals surface area contributed by atoms with Crippen molar-refractivity contribution in [1.82, 2.24) is 9.97 Å². The van der Waals surface area contributed by atoms with Crippen molar-refractivity contribution >= 4 is 33.3 Å². The summed E-state index contributed by atoms with van der Waals surface area (Å²) in [5.41, 5.74) is 2.52. The molecule has 0 aliphatic carbocycles. The fraction of sp³-hybridized carbons (Fsp3) is 0.538. The first-order chi connectivity index (χ1) is 10.1. The van der Waals surface area contributed by atoms with E-state index in [-0.39, 0.29) is 18.8 Å². The summed E-state index contributed by atoms with van der Waals surface area (Å²) < 4.78 is 5.69. The van der Waals surface area contributed by atoms with Crippen LogP contribution in [0.3, 0.4) is 0 Å². The van der Waals surface area contributed by atoms with Gasteiger partial charge < -0.3 is 14.7 Å². The Morgan fingerprint density at radius 1 is 1.52 bits per heavy atom. The zero-order valence-corrected chi connectivity index (χ0v) is 12.9. The van der Waals surface area contributed by atoms with Gasteiger partial charge in [0.25, 0.3) is 0 Å². The molecular weight excluding hydrogens is 290 g/mol. The van der Waals surface area contributed by atoms with E-state index in [9.17, 15) is 5.11 Å². The molecule has 0 radical (unpaired) electrons. The van der Waals surface area contributed by atoms with E-state index in [1.807, 2.05) is 13.8 Å². The first-order valence-electron chi connectivity index (χ1n) is 6.86. The smallest absolute Gasteiger partial charge is 0.240 e. The van der Waals surface area contributed by atoms with Crippen molar-refractivity contribution < 1.29 is 9.84 Å². The standard InChI is InChI=1S/C13H19N5O2S/c1-7-4-18(5-9(6-19)20-7)11-10-3-8(2)21-12(10)16-13(15-11)17-14/h3,7,9,19H,4-6,14H2,1-2H3,(H,15,16,17). The number of nitrogens with two attached hydrogens (primary N) is 1. The average Bonchev–Trinajstić information content (AvgIpc) is 2.85. The number of nitrogens with one attached hydrogen (secondary N) is 1. The van der Waals surface area contributed by atoms with Gasteiger partial charge in [-0.25, -0.2) is 10.8 Å². The van der Waals surface area contributed by atoms with Crippen molar-refractivity contribution in [3.05, 3.63) is 10.9 Å². The van der Waals surface area contributed by atoms with Gasteiger partial charge in [-0.15, -0.1) is 11.3 Å². The Bertz CT molecular complexity index is 647. The molecule has 0 amide bonds. The second-order valence-corrected chi connectivity index (χ2v) is 6.48. The number of aliphatic hydroxyl groups excluding tert-OH is 1. The van der Waals surface area contributed by atoms with Crippen LogP contribution in [-0.4, -0.2) is 47.0 Å². The summed E-state index contributed by atoms with van der Waals surface area (Å²) in [6.07, 6.45) is -0.164. The molecule has 4 N–H and O–H groups in total. The van der Waals surface area contributed by atoms with E-state index in [2.05, 4.69) is 26.4 Å². The van der Waals surface area contributed by atoms with E-state index in [1.54, 1.807) is 11.3 Å².